The van der Waals surface area contributed by atoms with E-state index in [2.05, 4.69) is 15.9 Å². The maximum Gasteiger partial charge on any atom is 0.127 e. The highest BCUT2D eigenvalue weighted by Crippen LogP contribution is 2.38. The Labute approximate surface area is 92.6 Å². The molecular weight excluding hydrogens is 240 g/mol. The minimum Gasteiger partial charge on any atom is -0.303 e. The van der Waals surface area contributed by atoms with Crippen LogP contribution in [0.3, 0.4) is 0 Å². The molecule has 0 saturated heterocycles. The fraction of sp³-hybridized carbons (Fsp3) is 0.417. The first-order valence-electron chi connectivity index (χ1n) is 5.02. The summed E-state index contributed by atoms with van der Waals surface area (Å²) in [5.41, 5.74) is 1.16. The molecule has 0 amide bonds. The van der Waals surface area contributed by atoms with Crippen molar-refractivity contribution in [3.63, 3.8) is 0 Å². The molecule has 0 aliphatic heterocycles. The van der Waals surface area contributed by atoms with E-state index in [4.69, 9.17) is 0 Å². The highest BCUT2D eigenvalue weighted by atomic mass is 79.9. The van der Waals surface area contributed by atoms with Gasteiger partial charge in [0.05, 0.1) is 0 Å². The van der Waals surface area contributed by atoms with Crippen LogP contribution in [0.4, 0.5) is 0 Å². The van der Waals surface area contributed by atoms with Gasteiger partial charge in [0.1, 0.15) is 6.29 Å². The number of rotatable bonds is 3. The Morgan fingerprint density at radius 2 is 1.93 bits per heavy atom. The molecule has 0 N–H and O–H groups in total. The van der Waals surface area contributed by atoms with E-state index in [0.29, 0.717) is 5.92 Å². The first-order valence-corrected chi connectivity index (χ1v) is 5.81. The lowest BCUT2D eigenvalue weighted by atomic mass is 9.74. The van der Waals surface area contributed by atoms with Gasteiger partial charge in [-0.2, -0.15) is 0 Å². The van der Waals surface area contributed by atoms with Crippen LogP contribution >= 0.6 is 15.9 Å². The molecule has 1 nitrogen and oxygen atoms in total. The highest BCUT2D eigenvalue weighted by Gasteiger charge is 2.27. The van der Waals surface area contributed by atoms with Gasteiger partial charge in [0.15, 0.2) is 0 Å². The van der Waals surface area contributed by atoms with Gasteiger partial charge in [0.2, 0.25) is 0 Å². The average Bonchev–Trinajstić information content (AvgIpc) is 2.13. The van der Waals surface area contributed by atoms with Crippen LogP contribution in [0.1, 0.15) is 30.7 Å². The Morgan fingerprint density at radius 1 is 1.29 bits per heavy atom. The SMILES string of the molecule is O=CC(c1ccc(Br)cc1)C1CCC1. The molecule has 1 unspecified atom stereocenters. The second-order valence-corrected chi connectivity index (χ2v) is 4.82. The predicted octanol–water partition coefficient (Wildman–Crippen LogP) is 3.53. The third-order valence-electron chi connectivity index (χ3n) is 3.06. The number of halogens is 1. The van der Waals surface area contributed by atoms with Crippen molar-refractivity contribution >= 4 is 22.2 Å². The average molecular weight is 253 g/mol. The summed E-state index contributed by atoms with van der Waals surface area (Å²) in [5.74, 6) is 0.713. The number of hydrogen-bond acceptors (Lipinski definition) is 1. The number of carbonyl (C=O) groups excluding carboxylic acids is 1. The van der Waals surface area contributed by atoms with E-state index in [1.165, 1.54) is 19.3 Å². The lowest BCUT2D eigenvalue weighted by Crippen LogP contribution is -2.21. The highest BCUT2D eigenvalue weighted by molar-refractivity contribution is 9.10. The first kappa shape index (κ1) is 9.91. The van der Waals surface area contributed by atoms with Crippen molar-refractivity contribution in [2.24, 2.45) is 5.92 Å². The molecule has 1 aliphatic carbocycles. The Balaban J connectivity index is 2.18. The van der Waals surface area contributed by atoms with Crippen LogP contribution in [0.25, 0.3) is 0 Å². The molecule has 1 aromatic carbocycles. The number of hydrogen-bond donors (Lipinski definition) is 0. The van der Waals surface area contributed by atoms with Crippen LogP contribution in [0.5, 0.6) is 0 Å². The molecule has 0 heterocycles. The Bertz CT molecular complexity index is 314. The second-order valence-electron chi connectivity index (χ2n) is 3.90. The third-order valence-corrected chi connectivity index (χ3v) is 3.59. The molecule has 1 saturated carbocycles. The molecule has 1 atom stereocenters. The van der Waals surface area contributed by atoms with Gasteiger partial charge in [-0.3, -0.25) is 0 Å². The Morgan fingerprint density at radius 3 is 2.36 bits per heavy atom. The summed E-state index contributed by atoms with van der Waals surface area (Å²) in [4.78, 5) is 11.0. The van der Waals surface area contributed by atoms with Crippen LogP contribution in [-0.2, 0) is 4.79 Å². The lowest BCUT2D eigenvalue weighted by molar-refractivity contribution is -0.110. The first-order chi connectivity index (χ1) is 6.81. The molecule has 1 aromatic rings. The lowest BCUT2D eigenvalue weighted by Gasteiger charge is -2.30. The summed E-state index contributed by atoms with van der Waals surface area (Å²) < 4.78 is 1.07. The summed E-state index contributed by atoms with van der Waals surface area (Å²) in [6, 6.07) is 8.10. The molecule has 1 aliphatic rings. The molecule has 2 rings (SSSR count). The molecule has 1 fully saturated rings. The number of carbonyl (C=O) groups is 1. The molecule has 0 spiro atoms. The van der Waals surface area contributed by atoms with Crippen molar-refractivity contribution in [1.82, 2.24) is 0 Å². The smallest absolute Gasteiger partial charge is 0.127 e. The Hall–Kier alpha value is -0.630. The third kappa shape index (κ3) is 1.90. The van der Waals surface area contributed by atoms with Gasteiger partial charge in [0.25, 0.3) is 0 Å². The fourth-order valence-electron chi connectivity index (χ4n) is 1.95. The zero-order chi connectivity index (χ0) is 9.97. The van der Waals surface area contributed by atoms with Gasteiger partial charge < -0.3 is 4.79 Å². The largest absolute Gasteiger partial charge is 0.303 e. The van der Waals surface area contributed by atoms with Crippen molar-refractivity contribution in [3.05, 3.63) is 34.3 Å². The molecule has 0 aromatic heterocycles. The van der Waals surface area contributed by atoms with E-state index >= 15 is 0 Å². The molecule has 0 bridgehead atoms. The van der Waals surface area contributed by atoms with Gasteiger partial charge in [0, 0.05) is 10.4 Å². The van der Waals surface area contributed by atoms with E-state index in [0.717, 1.165) is 16.3 Å². The van der Waals surface area contributed by atoms with Crippen LogP contribution in [-0.4, -0.2) is 6.29 Å². The monoisotopic (exact) mass is 252 g/mol. The normalized spacial score (nSPS) is 18.6. The van der Waals surface area contributed by atoms with Crippen molar-refractivity contribution < 1.29 is 4.79 Å². The molecule has 74 valence electrons. The van der Waals surface area contributed by atoms with E-state index in [-0.39, 0.29) is 5.92 Å². The van der Waals surface area contributed by atoms with Gasteiger partial charge in [-0.15, -0.1) is 0 Å². The summed E-state index contributed by atoms with van der Waals surface area (Å²) in [7, 11) is 0. The molecule has 2 heteroatoms. The minimum atomic E-state index is 0.122. The van der Waals surface area contributed by atoms with Crippen molar-refractivity contribution in [1.29, 1.82) is 0 Å². The number of benzene rings is 1. The molecule has 0 radical (unpaired) electrons. The standard InChI is InChI=1S/C12H13BrO/c13-11-6-4-10(5-7-11)12(8-14)9-2-1-3-9/h4-9,12H,1-3H2. The summed E-state index contributed by atoms with van der Waals surface area (Å²) in [5, 5.41) is 0. The number of aldehydes is 1. The van der Waals surface area contributed by atoms with E-state index in [1.807, 2.05) is 24.3 Å². The maximum atomic E-state index is 11.0. The van der Waals surface area contributed by atoms with Crippen molar-refractivity contribution in [2.75, 3.05) is 0 Å². The van der Waals surface area contributed by atoms with Gasteiger partial charge >= 0.3 is 0 Å². The predicted molar refractivity (Wildman–Crippen MR) is 60.3 cm³/mol. The van der Waals surface area contributed by atoms with Crippen LogP contribution in [0.2, 0.25) is 0 Å². The van der Waals surface area contributed by atoms with Gasteiger partial charge in [-0.25, -0.2) is 0 Å². The van der Waals surface area contributed by atoms with Crippen molar-refractivity contribution in [2.45, 2.75) is 25.2 Å². The zero-order valence-corrected chi connectivity index (χ0v) is 9.53. The van der Waals surface area contributed by atoms with Gasteiger partial charge in [-0.1, -0.05) is 34.5 Å². The zero-order valence-electron chi connectivity index (χ0n) is 7.95. The van der Waals surface area contributed by atoms with Gasteiger partial charge in [-0.05, 0) is 36.5 Å². The minimum absolute atomic E-state index is 0.122. The quantitative estimate of drug-likeness (QED) is 0.753. The van der Waals surface area contributed by atoms with E-state index < -0.39 is 0 Å². The van der Waals surface area contributed by atoms with E-state index in [1.54, 1.807) is 0 Å². The van der Waals surface area contributed by atoms with Crippen LogP contribution in [0, 0.1) is 5.92 Å². The second kappa shape index (κ2) is 4.26. The summed E-state index contributed by atoms with van der Waals surface area (Å²) >= 11 is 3.40. The van der Waals surface area contributed by atoms with Crippen LogP contribution < -0.4 is 0 Å². The van der Waals surface area contributed by atoms with Crippen molar-refractivity contribution in [3.8, 4) is 0 Å². The fourth-order valence-corrected chi connectivity index (χ4v) is 2.21. The topological polar surface area (TPSA) is 17.1 Å². The Kier molecular flexibility index (Phi) is 3.02. The van der Waals surface area contributed by atoms with Crippen LogP contribution in [0.15, 0.2) is 28.7 Å². The molecular formula is C12H13BrO. The summed E-state index contributed by atoms with van der Waals surface area (Å²) in [6.45, 7) is 0. The maximum absolute atomic E-state index is 11.0. The van der Waals surface area contributed by atoms with E-state index in [9.17, 15) is 4.79 Å². The molecule has 14 heavy (non-hydrogen) atoms. The summed E-state index contributed by atoms with van der Waals surface area (Å²) in [6.07, 6.45) is 4.80.